The second kappa shape index (κ2) is 8.08. The predicted octanol–water partition coefficient (Wildman–Crippen LogP) is 4.19. The van der Waals surface area contributed by atoms with Gasteiger partial charge < -0.3 is 5.32 Å². The summed E-state index contributed by atoms with van der Waals surface area (Å²) in [5.41, 5.74) is 1.93. The monoisotopic (exact) mass is 351 g/mol. The highest BCUT2D eigenvalue weighted by molar-refractivity contribution is 9.09. The molecule has 0 saturated carbocycles. The molecule has 4 nitrogen and oxygen atoms in total. The van der Waals surface area contributed by atoms with Crippen LogP contribution in [0.5, 0.6) is 0 Å². The van der Waals surface area contributed by atoms with Crippen LogP contribution in [0.3, 0.4) is 0 Å². The zero-order chi connectivity index (χ0) is 13.5. The molecule has 1 aromatic carbocycles. The summed E-state index contributed by atoms with van der Waals surface area (Å²) in [5.74, 6) is 0.278. The van der Waals surface area contributed by atoms with E-state index < -0.39 is 0 Å². The number of nitrogens with one attached hydrogen (secondary N) is 1. The number of anilines is 1. The molecule has 0 aliphatic rings. The fourth-order valence-corrected chi connectivity index (χ4v) is 2.36. The van der Waals surface area contributed by atoms with E-state index in [0.29, 0.717) is 0 Å². The molecule has 0 bridgehead atoms. The van der Waals surface area contributed by atoms with Crippen LogP contribution in [0.2, 0.25) is 0 Å². The van der Waals surface area contributed by atoms with E-state index in [1.165, 1.54) is 0 Å². The molecule has 1 rings (SSSR count). The largest absolute Gasteiger partial charge is 0.350 e. The molecule has 0 aliphatic heterocycles. The van der Waals surface area contributed by atoms with Crippen molar-refractivity contribution in [2.45, 2.75) is 18.7 Å². The van der Waals surface area contributed by atoms with E-state index in [1.54, 1.807) is 0 Å². The molecule has 1 unspecified atom stereocenters. The van der Waals surface area contributed by atoms with Crippen LogP contribution in [0.1, 0.15) is 12.5 Å². The SMILES string of the molecule is Cc1cc(NC(=S)C(C)CBr)ccc1SOOO. The molecule has 0 saturated heterocycles. The van der Waals surface area contributed by atoms with Crippen LogP contribution in [0.15, 0.2) is 23.1 Å². The summed E-state index contributed by atoms with van der Waals surface area (Å²) >= 11 is 9.62. The Balaban J connectivity index is 2.69. The van der Waals surface area contributed by atoms with Crippen molar-refractivity contribution < 1.29 is 14.6 Å². The van der Waals surface area contributed by atoms with Gasteiger partial charge in [-0.25, -0.2) is 5.26 Å². The Morgan fingerprint density at radius 3 is 2.89 bits per heavy atom. The van der Waals surface area contributed by atoms with Gasteiger partial charge >= 0.3 is 0 Å². The van der Waals surface area contributed by atoms with E-state index in [1.807, 2.05) is 32.0 Å². The lowest BCUT2D eigenvalue weighted by molar-refractivity contribution is -0.432. The van der Waals surface area contributed by atoms with Crippen molar-refractivity contribution in [1.82, 2.24) is 0 Å². The minimum atomic E-state index is 0.278. The number of aryl methyl sites for hydroxylation is 1. The molecule has 18 heavy (non-hydrogen) atoms. The molecular formula is C11H14BrNO3S2. The Morgan fingerprint density at radius 1 is 1.61 bits per heavy atom. The van der Waals surface area contributed by atoms with Crippen LogP contribution < -0.4 is 5.32 Å². The lowest BCUT2D eigenvalue weighted by Crippen LogP contribution is -2.19. The second-order valence-corrected chi connectivity index (χ2v) is 5.58. The van der Waals surface area contributed by atoms with Gasteiger partial charge in [0.05, 0.1) is 17.0 Å². The maximum absolute atomic E-state index is 8.10. The highest BCUT2D eigenvalue weighted by atomic mass is 79.9. The van der Waals surface area contributed by atoms with Crippen molar-refractivity contribution in [2.75, 3.05) is 10.6 Å². The van der Waals surface area contributed by atoms with Crippen molar-refractivity contribution >= 4 is 50.9 Å². The third-order valence-electron chi connectivity index (χ3n) is 2.28. The Kier molecular flexibility index (Phi) is 7.13. The van der Waals surface area contributed by atoms with E-state index in [-0.39, 0.29) is 5.92 Å². The topological polar surface area (TPSA) is 50.7 Å². The van der Waals surface area contributed by atoms with Crippen LogP contribution in [-0.2, 0) is 9.37 Å². The van der Waals surface area contributed by atoms with Crippen LogP contribution in [-0.4, -0.2) is 15.6 Å². The zero-order valence-corrected chi connectivity index (χ0v) is 13.2. The second-order valence-electron chi connectivity index (χ2n) is 3.75. The van der Waals surface area contributed by atoms with Crippen molar-refractivity contribution in [3.05, 3.63) is 23.8 Å². The average Bonchev–Trinajstić information content (AvgIpc) is 2.36. The van der Waals surface area contributed by atoms with Crippen LogP contribution >= 0.6 is 40.2 Å². The first-order valence-electron chi connectivity index (χ1n) is 5.20. The van der Waals surface area contributed by atoms with Gasteiger partial charge in [-0.05, 0) is 30.7 Å². The number of benzene rings is 1. The van der Waals surface area contributed by atoms with Gasteiger partial charge in [0.15, 0.2) is 0 Å². The fraction of sp³-hybridized carbons (Fsp3) is 0.364. The summed E-state index contributed by atoms with van der Waals surface area (Å²) in [6.07, 6.45) is 0. The standard InChI is InChI=1S/C11H14BrNO3S2/c1-7-5-9(13-11(17)8(2)6-12)3-4-10(7)18-16-15-14/h3-5,8,14H,6H2,1-2H3,(H,13,17). The summed E-state index contributed by atoms with van der Waals surface area (Å²) in [7, 11) is 0. The summed E-state index contributed by atoms with van der Waals surface area (Å²) in [5, 5.41) is 15.7. The van der Waals surface area contributed by atoms with E-state index in [4.69, 9.17) is 17.5 Å². The Hall–Kier alpha value is -0.180. The number of thiocarbonyl (C=S) groups is 1. The number of hydrogen-bond donors (Lipinski definition) is 2. The minimum absolute atomic E-state index is 0.278. The lowest BCUT2D eigenvalue weighted by atomic mass is 10.2. The maximum Gasteiger partial charge on any atom is 0.0834 e. The first-order chi connectivity index (χ1) is 8.58. The van der Waals surface area contributed by atoms with Gasteiger partial charge in [0.25, 0.3) is 0 Å². The van der Waals surface area contributed by atoms with Gasteiger partial charge in [0, 0.05) is 21.8 Å². The van der Waals surface area contributed by atoms with Gasteiger partial charge in [-0.1, -0.05) is 40.1 Å². The highest BCUT2D eigenvalue weighted by Crippen LogP contribution is 2.26. The van der Waals surface area contributed by atoms with Gasteiger partial charge in [0.1, 0.15) is 0 Å². The third kappa shape index (κ3) is 4.83. The van der Waals surface area contributed by atoms with E-state index >= 15 is 0 Å². The molecule has 0 spiro atoms. The molecule has 0 radical (unpaired) electrons. The highest BCUT2D eigenvalue weighted by Gasteiger charge is 2.08. The van der Waals surface area contributed by atoms with Crippen molar-refractivity contribution in [3.63, 3.8) is 0 Å². The van der Waals surface area contributed by atoms with E-state index in [9.17, 15) is 0 Å². The van der Waals surface area contributed by atoms with Crippen LogP contribution in [0.25, 0.3) is 0 Å². The molecule has 100 valence electrons. The molecule has 7 heteroatoms. The summed E-state index contributed by atoms with van der Waals surface area (Å²) in [6.45, 7) is 3.98. The first kappa shape index (κ1) is 15.9. The zero-order valence-electron chi connectivity index (χ0n) is 9.97. The smallest absolute Gasteiger partial charge is 0.0834 e. The number of alkyl halides is 1. The molecule has 2 N–H and O–H groups in total. The number of hydrogen-bond acceptors (Lipinski definition) is 5. The number of halogens is 1. The van der Waals surface area contributed by atoms with Crippen molar-refractivity contribution in [2.24, 2.45) is 5.92 Å². The first-order valence-corrected chi connectivity index (χ1v) is 7.48. The molecular weight excluding hydrogens is 338 g/mol. The average molecular weight is 352 g/mol. The van der Waals surface area contributed by atoms with Crippen molar-refractivity contribution in [3.8, 4) is 0 Å². The Morgan fingerprint density at radius 2 is 2.33 bits per heavy atom. The van der Waals surface area contributed by atoms with Gasteiger partial charge in [-0.2, -0.15) is 0 Å². The molecule has 1 aromatic rings. The summed E-state index contributed by atoms with van der Waals surface area (Å²) in [4.78, 5) is 1.65. The Bertz CT molecular complexity index is 417. The van der Waals surface area contributed by atoms with Crippen LogP contribution in [0, 0.1) is 12.8 Å². The quantitative estimate of drug-likeness (QED) is 0.263. The summed E-state index contributed by atoms with van der Waals surface area (Å²) < 4.78 is 4.40. The van der Waals surface area contributed by atoms with Crippen molar-refractivity contribution in [1.29, 1.82) is 0 Å². The summed E-state index contributed by atoms with van der Waals surface area (Å²) in [6, 6.07) is 5.71. The van der Waals surface area contributed by atoms with Gasteiger partial charge in [-0.15, -0.1) is 4.33 Å². The number of rotatable bonds is 6. The molecule has 0 fully saturated rings. The van der Waals surface area contributed by atoms with E-state index in [2.05, 4.69) is 30.6 Å². The molecule has 0 aromatic heterocycles. The normalized spacial score (nSPS) is 12.2. The Labute approximate surface area is 124 Å². The molecule has 0 heterocycles. The third-order valence-corrected chi connectivity index (χ3v) is 4.52. The van der Waals surface area contributed by atoms with Crippen LogP contribution in [0.4, 0.5) is 5.69 Å². The predicted molar refractivity (Wildman–Crippen MR) is 81.0 cm³/mol. The molecule has 0 aliphatic carbocycles. The van der Waals surface area contributed by atoms with Gasteiger partial charge in [-0.3, -0.25) is 0 Å². The molecule has 0 amide bonds. The maximum atomic E-state index is 8.10. The lowest BCUT2D eigenvalue weighted by Gasteiger charge is -2.13. The minimum Gasteiger partial charge on any atom is -0.350 e. The van der Waals surface area contributed by atoms with E-state index in [0.717, 1.165) is 38.5 Å². The van der Waals surface area contributed by atoms with Gasteiger partial charge in [0.2, 0.25) is 0 Å². The molecule has 1 atom stereocenters. The fourth-order valence-electron chi connectivity index (χ4n) is 1.21.